The molecule has 4 heteroatoms. The molecule has 0 aliphatic heterocycles. The second-order valence-corrected chi connectivity index (χ2v) is 4.17. The molecular formula is C11H16F3N. The molecule has 1 nitrogen and oxygen atoms in total. The van der Waals surface area contributed by atoms with E-state index in [2.05, 4.69) is 5.92 Å². The molecule has 1 aliphatic rings. The van der Waals surface area contributed by atoms with Gasteiger partial charge in [-0.15, -0.1) is 12.3 Å². The van der Waals surface area contributed by atoms with Crippen molar-refractivity contribution < 1.29 is 13.2 Å². The highest BCUT2D eigenvalue weighted by molar-refractivity contribution is 4.95. The van der Waals surface area contributed by atoms with Crippen LogP contribution in [0.25, 0.3) is 0 Å². The standard InChI is InChI=1S/C11H16F3N/c1-2-5-10(15)8-6-3-4-7-9(8)11(12,13)14/h1,8-10H,3-7,15H2. The van der Waals surface area contributed by atoms with Crippen LogP contribution in [0.1, 0.15) is 32.1 Å². The van der Waals surface area contributed by atoms with Crippen LogP contribution in [0.2, 0.25) is 0 Å². The molecule has 86 valence electrons. The summed E-state index contributed by atoms with van der Waals surface area (Å²) in [6.45, 7) is 0. The molecule has 1 aliphatic carbocycles. The molecule has 0 radical (unpaired) electrons. The molecule has 0 amide bonds. The van der Waals surface area contributed by atoms with Gasteiger partial charge in [-0.25, -0.2) is 0 Å². The Bertz CT molecular complexity index is 241. The minimum Gasteiger partial charge on any atom is -0.327 e. The van der Waals surface area contributed by atoms with E-state index in [0.29, 0.717) is 12.8 Å². The fraction of sp³-hybridized carbons (Fsp3) is 0.818. The molecule has 0 bridgehead atoms. The molecule has 0 heterocycles. The zero-order valence-electron chi connectivity index (χ0n) is 8.56. The number of alkyl halides is 3. The van der Waals surface area contributed by atoms with Crippen molar-refractivity contribution in [3.63, 3.8) is 0 Å². The summed E-state index contributed by atoms with van der Waals surface area (Å²) in [5, 5.41) is 0. The van der Waals surface area contributed by atoms with Crippen molar-refractivity contribution in [1.82, 2.24) is 0 Å². The van der Waals surface area contributed by atoms with Crippen LogP contribution in [0.3, 0.4) is 0 Å². The van der Waals surface area contributed by atoms with Crippen molar-refractivity contribution >= 4 is 0 Å². The van der Waals surface area contributed by atoms with E-state index in [-0.39, 0.29) is 12.8 Å². The predicted molar refractivity (Wildman–Crippen MR) is 52.9 cm³/mol. The van der Waals surface area contributed by atoms with Crippen LogP contribution in [0.15, 0.2) is 0 Å². The number of rotatable bonds is 2. The van der Waals surface area contributed by atoms with Crippen LogP contribution in [-0.2, 0) is 0 Å². The Morgan fingerprint density at radius 3 is 2.47 bits per heavy atom. The molecule has 3 unspecified atom stereocenters. The summed E-state index contributed by atoms with van der Waals surface area (Å²) in [5.74, 6) is 0.598. The minimum atomic E-state index is -4.13. The van der Waals surface area contributed by atoms with Gasteiger partial charge in [-0.3, -0.25) is 0 Å². The third kappa shape index (κ3) is 3.13. The average molecular weight is 219 g/mol. The first-order valence-corrected chi connectivity index (χ1v) is 5.22. The molecule has 1 fully saturated rings. The summed E-state index contributed by atoms with van der Waals surface area (Å²) in [6, 6.07) is -0.512. The van der Waals surface area contributed by atoms with Crippen molar-refractivity contribution in [2.45, 2.75) is 44.3 Å². The Hall–Kier alpha value is -0.690. The van der Waals surface area contributed by atoms with Gasteiger partial charge in [-0.1, -0.05) is 12.8 Å². The SMILES string of the molecule is C#CCC(N)C1CCCCC1C(F)(F)F. The summed E-state index contributed by atoms with van der Waals surface area (Å²) < 4.78 is 38.1. The van der Waals surface area contributed by atoms with Gasteiger partial charge in [0.25, 0.3) is 0 Å². The average Bonchev–Trinajstić information content (AvgIpc) is 2.17. The van der Waals surface area contributed by atoms with Crippen molar-refractivity contribution in [1.29, 1.82) is 0 Å². The second kappa shape index (κ2) is 4.89. The van der Waals surface area contributed by atoms with Gasteiger partial charge in [0, 0.05) is 12.5 Å². The van der Waals surface area contributed by atoms with Crippen LogP contribution in [0, 0.1) is 24.2 Å². The fourth-order valence-corrected chi connectivity index (χ4v) is 2.37. The van der Waals surface area contributed by atoms with Crippen molar-refractivity contribution in [3.8, 4) is 12.3 Å². The van der Waals surface area contributed by atoms with Crippen LogP contribution < -0.4 is 5.73 Å². The topological polar surface area (TPSA) is 26.0 Å². The zero-order valence-corrected chi connectivity index (χ0v) is 8.56. The monoisotopic (exact) mass is 219 g/mol. The van der Waals surface area contributed by atoms with E-state index < -0.39 is 24.1 Å². The molecule has 2 N–H and O–H groups in total. The Morgan fingerprint density at radius 1 is 1.33 bits per heavy atom. The maximum Gasteiger partial charge on any atom is 0.392 e. The first kappa shape index (κ1) is 12.4. The lowest BCUT2D eigenvalue weighted by molar-refractivity contribution is -0.198. The molecule has 0 saturated heterocycles. The molecular weight excluding hydrogens is 203 g/mol. The van der Waals surface area contributed by atoms with Crippen LogP contribution in [0.5, 0.6) is 0 Å². The Kier molecular flexibility index (Phi) is 4.04. The van der Waals surface area contributed by atoms with E-state index in [4.69, 9.17) is 12.2 Å². The Labute approximate surface area is 88.2 Å². The summed E-state index contributed by atoms with van der Waals surface area (Å²) in [5.41, 5.74) is 5.70. The second-order valence-electron chi connectivity index (χ2n) is 4.17. The van der Waals surface area contributed by atoms with E-state index in [1.54, 1.807) is 0 Å². The van der Waals surface area contributed by atoms with Crippen LogP contribution >= 0.6 is 0 Å². The van der Waals surface area contributed by atoms with E-state index in [1.165, 1.54) is 0 Å². The highest BCUT2D eigenvalue weighted by Crippen LogP contribution is 2.42. The normalized spacial score (nSPS) is 29.5. The van der Waals surface area contributed by atoms with E-state index in [1.807, 2.05) is 0 Å². The molecule has 1 saturated carbocycles. The summed E-state index contributed by atoms with van der Waals surface area (Å²) >= 11 is 0. The van der Waals surface area contributed by atoms with Crippen molar-refractivity contribution in [3.05, 3.63) is 0 Å². The van der Waals surface area contributed by atoms with Gasteiger partial charge in [0.05, 0.1) is 5.92 Å². The maximum absolute atomic E-state index is 12.7. The quantitative estimate of drug-likeness (QED) is 0.710. The number of hydrogen-bond donors (Lipinski definition) is 1. The van der Waals surface area contributed by atoms with Gasteiger partial charge in [0.2, 0.25) is 0 Å². The molecule has 0 aromatic heterocycles. The summed E-state index contributed by atoms with van der Waals surface area (Å²) in [4.78, 5) is 0. The molecule has 3 atom stereocenters. The largest absolute Gasteiger partial charge is 0.392 e. The van der Waals surface area contributed by atoms with Gasteiger partial charge < -0.3 is 5.73 Å². The first-order valence-electron chi connectivity index (χ1n) is 5.22. The number of halogens is 3. The lowest BCUT2D eigenvalue weighted by atomic mass is 9.74. The number of terminal acetylenes is 1. The van der Waals surface area contributed by atoms with E-state index in [0.717, 1.165) is 6.42 Å². The third-order valence-electron chi connectivity index (χ3n) is 3.14. The van der Waals surface area contributed by atoms with Crippen molar-refractivity contribution in [2.24, 2.45) is 17.6 Å². The third-order valence-corrected chi connectivity index (χ3v) is 3.14. The molecule has 15 heavy (non-hydrogen) atoms. The number of nitrogens with two attached hydrogens (primary N) is 1. The highest BCUT2D eigenvalue weighted by Gasteiger charge is 2.46. The minimum absolute atomic E-state index is 0.201. The van der Waals surface area contributed by atoms with Crippen molar-refractivity contribution in [2.75, 3.05) is 0 Å². The molecule has 0 aromatic rings. The van der Waals surface area contributed by atoms with Crippen LogP contribution in [-0.4, -0.2) is 12.2 Å². The smallest absolute Gasteiger partial charge is 0.327 e. The molecule has 1 rings (SSSR count). The van der Waals surface area contributed by atoms with E-state index >= 15 is 0 Å². The Balaban J connectivity index is 2.70. The zero-order chi connectivity index (χ0) is 11.5. The first-order chi connectivity index (χ1) is 6.96. The van der Waals surface area contributed by atoms with Gasteiger partial charge in [-0.05, 0) is 18.8 Å². The van der Waals surface area contributed by atoms with Gasteiger partial charge >= 0.3 is 6.18 Å². The van der Waals surface area contributed by atoms with Gasteiger partial charge in [0.15, 0.2) is 0 Å². The molecule has 0 aromatic carbocycles. The Morgan fingerprint density at radius 2 is 1.93 bits per heavy atom. The fourth-order valence-electron chi connectivity index (χ4n) is 2.37. The summed E-state index contributed by atoms with van der Waals surface area (Å²) in [7, 11) is 0. The summed E-state index contributed by atoms with van der Waals surface area (Å²) in [6.07, 6.45) is 3.41. The number of hydrogen-bond acceptors (Lipinski definition) is 1. The lowest BCUT2D eigenvalue weighted by Crippen LogP contribution is -2.43. The lowest BCUT2D eigenvalue weighted by Gasteiger charge is -2.36. The van der Waals surface area contributed by atoms with Gasteiger partial charge in [0.1, 0.15) is 0 Å². The van der Waals surface area contributed by atoms with Crippen LogP contribution in [0.4, 0.5) is 13.2 Å². The highest BCUT2D eigenvalue weighted by atomic mass is 19.4. The molecule has 0 spiro atoms. The maximum atomic E-state index is 12.7. The predicted octanol–water partition coefficient (Wildman–Crippen LogP) is 2.71. The van der Waals surface area contributed by atoms with E-state index in [9.17, 15) is 13.2 Å². The van der Waals surface area contributed by atoms with Gasteiger partial charge in [-0.2, -0.15) is 13.2 Å².